The van der Waals surface area contributed by atoms with Crippen LogP contribution in [0.5, 0.6) is 5.75 Å². The molecule has 13 heteroatoms. The molecule has 2 aromatic rings. The second-order valence-corrected chi connectivity index (χ2v) is 11.3. The summed E-state index contributed by atoms with van der Waals surface area (Å²) in [4.78, 5) is 24.9. The molecular formula is C24H27N5O6S2. The van der Waals surface area contributed by atoms with Gasteiger partial charge in [0.1, 0.15) is 11.0 Å². The lowest BCUT2D eigenvalue weighted by Gasteiger charge is -2.26. The summed E-state index contributed by atoms with van der Waals surface area (Å²) >= 11 is 1.13. The minimum absolute atomic E-state index is 0.0245. The zero-order chi connectivity index (χ0) is 26.4. The van der Waals surface area contributed by atoms with Gasteiger partial charge in [-0.15, -0.1) is 5.10 Å². The number of morpholine rings is 1. The van der Waals surface area contributed by atoms with Crippen molar-refractivity contribution in [1.29, 1.82) is 0 Å². The van der Waals surface area contributed by atoms with Crippen LogP contribution in [0.1, 0.15) is 18.9 Å². The van der Waals surface area contributed by atoms with Crippen LogP contribution in [0.3, 0.4) is 0 Å². The van der Waals surface area contributed by atoms with Crippen LogP contribution in [-0.4, -0.2) is 74.1 Å². The maximum absolute atomic E-state index is 12.8. The maximum atomic E-state index is 12.8. The van der Waals surface area contributed by atoms with Crippen molar-refractivity contribution in [2.45, 2.75) is 23.5 Å². The topological polar surface area (TPSA) is 139 Å². The first kappa shape index (κ1) is 26.8. The van der Waals surface area contributed by atoms with E-state index in [2.05, 4.69) is 20.8 Å². The van der Waals surface area contributed by atoms with E-state index in [1.54, 1.807) is 50.4 Å². The smallest absolute Gasteiger partial charge is 0.243 e. The Labute approximate surface area is 219 Å². The fourth-order valence-corrected chi connectivity index (χ4v) is 5.95. The molecule has 0 aliphatic carbocycles. The molecule has 2 saturated heterocycles. The molecule has 2 aliphatic rings. The first-order chi connectivity index (χ1) is 17.8. The van der Waals surface area contributed by atoms with Crippen molar-refractivity contribution >= 4 is 50.2 Å². The number of hydrogen-bond acceptors (Lipinski definition) is 9. The minimum atomic E-state index is -3.58. The highest BCUT2D eigenvalue weighted by atomic mass is 32.2. The number of thioether (sulfide) groups is 1. The maximum Gasteiger partial charge on any atom is 0.243 e. The molecule has 2 heterocycles. The third kappa shape index (κ3) is 6.74. The molecule has 0 saturated carbocycles. The van der Waals surface area contributed by atoms with Crippen molar-refractivity contribution in [2.24, 2.45) is 10.2 Å². The summed E-state index contributed by atoms with van der Waals surface area (Å²) in [5.41, 5.74) is 1.83. The Kier molecular flexibility index (Phi) is 8.59. The van der Waals surface area contributed by atoms with Crippen LogP contribution in [0.15, 0.2) is 63.6 Å². The number of nitrogens with one attached hydrogen (secondary N) is 2. The van der Waals surface area contributed by atoms with Gasteiger partial charge in [0.25, 0.3) is 0 Å². The van der Waals surface area contributed by atoms with E-state index >= 15 is 0 Å². The number of nitrogens with zero attached hydrogens (tertiary/aromatic N) is 3. The van der Waals surface area contributed by atoms with Gasteiger partial charge in [0.05, 0.1) is 30.9 Å². The Morgan fingerprint density at radius 3 is 2.49 bits per heavy atom. The van der Waals surface area contributed by atoms with Crippen molar-refractivity contribution in [3.63, 3.8) is 0 Å². The van der Waals surface area contributed by atoms with Gasteiger partial charge in [-0.3, -0.25) is 9.59 Å². The molecule has 37 heavy (non-hydrogen) atoms. The Balaban J connectivity index is 1.34. The third-order valence-corrected chi connectivity index (χ3v) is 8.68. The largest absolute Gasteiger partial charge is 0.497 e. The van der Waals surface area contributed by atoms with Gasteiger partial charge in [0, 0.05) is 25.2 Å². The monoisotopic (exact) mass is 545 g/mol. The lowest BCUT2D eigenvalue weighted by molar-refractivity contribution is -0.122. The van der Waals surface area contributed by atoms with Gasteiger partial charge in [0.15, 0.2) is 5.17 Å². The van der Waals surface area contributed by atoms with Gasteiger partial charge >= 0.3 is 0 Å². The third-order valence-electron chi connectivity index (χ3n) is 5.69. The van der Waals surface area contributed by atoms with E-state index in [0.29, 0.717) is 49.0 Å². The van der Waals surface area contributed by atoms with Crippen LogP contribution < -0.4 is 15.4 Å². The van der Waals surface area contributed by atoms with Gasteiger partial charge < -0.3 is 20.1 Å². The number of benzene rings is 2. The van der Waals surface area contributed by atoms with Gasteiger partial charge in [-0.25, -0.2) is 8.42 Å². The van der Waals surface area contributed by atoms with Crippen LogP contribution in [-0.2, 0) is 24.3 Å². The molecule has 0 unspecified atom stereocenters. The Morgan fingerprint density at radius 2 is 1.84 bits per heavy atom. The molecule has 11 nitrogen and oxygen atoms in total. The SMILES string of the molecule is COc1ccc(NC(=O)C[C@@H]2S/C(=N/N=C(/C)c3ccc(S(=O)(=O)N4CCOCC4)cc3)NC2=O)cc1. The number of carbonyl (C=O) groups is 2. The Morgan fingerprint density at radius 1 is 1.16 bits per heavy atom. The summed E-state index contributed by atoms with van der Waals surface area (Å²) in [7, 11) is -2.02. The highest BCUT2D eigenvalue weighted by Crippen LogP contribution is 2.24. The van der Waals surface area contributed by atoms with E-state index in [4.69, 9.17) is 9.47 Å². The predicted octanol–water partition coefficient (Wildman–Crippen LogP) is 2.06. The first-order valence-corrected chi connectivity index (χ1v) is 13.8. The summed E-state index contributed by atoms with van der Waals surface area (Å²) in [5.74, 6) is 0.0550. The molecule has 2 fully saturated rings. The van der Waals surface area contributed by atoms with E-state index < -0.39 is 15.3 Å². The number of amidine groups is 1. The zero-order valence-corrected chi connectivity index (χ0v) is 22.0. The molecule has 0 bridgehead atoms. The molecule has 2 aliphatic heterocycles. The van der Waals surface area contributed by atoms with E-state index in [-0.39, 0.29) is 28.3 Å². The number of sulfonamides is 1. The van der Waals surface area contributed by atoms with E-state index in [9.17, 15) is 18.0 Å². The molecule has 0 radical (unpaired) electrons. The van der Waals surface area contributed by atoms with Gasteiger partial charge in [0.2, 0.25) is 21.8 Å². The quantitative estimate of drug-likeness (QED) is 0.382. The zero-order valence-electron chi connectivity index (χ0n) is 20.3. The van der Waals surface area contributed by atoms with Crippen molar-refractivity contribution in [3.8, 4) is 5.75 Å². The molecule has 0 spiro atoms. The molecule has 0 aromatic heterocycles. The average molecular weight is 546 g/mol. The second-order valence-electron chi connectivity index (χ2n) is 8.21. The van der Waals surface area contributed by atoms with Crippen LogP contribution in [0, 0.1) is 0 Å². The van der Waals surface area contributed by atoms with Gasteiger partial charge in [-0.2, -0.15) is 9.41 Å². The summed E-state index contributed by atoms with van der Waals surface area (Å²) in [5, 5.41) is 13.3. The summed E-state index contributed by atoms with van der Waals surface area (Å²) < 4.78 is 37.3. The summed E-state index contributed by atoms with van der Waals surface area (Å²) in [6.07, 6.45) is -0.0245. The average Bonchev–Trinajstić information content (AvgIpc) is 3.26. The minimum Gasteiger partial charge on any atom is -0.497 e. The summed E-state index contributed by atoms with van der Waals surface area (Å²) in [6.45, 7) is 3.15. The van der Waals surface area contributed by atoms with Crippen molar-refractivity contribution in [3.05, 3.63) is 54.1 Å². The highest BCUT2D eigenvalue weighted by Gasteiger charge is 2.32. The fourth-order valence-electron chi connectivity index (χ4n) is 3.62. The Hall–Kier alpha value is -3.26. The molecule has 2 N–H and O–H groups in total. The second kappa shape index (κ2) is 11.9. The predicted molar refractivity (Wildman–Crippen MR) is 141 cm³/mol. The van der Waals surface area contributed by atoms with Crippen molar-refractivity contribution in [2.75, 3.05) is 38.7 Å². The number of methoxy groups -OCH3 is 1. The number of rotatable bonds is 8. The summed E-state index contributed by atoms with van der Waals surface area (Å²) in [6, 6.07) is 13.3. The molecule has 4 rings (SSSR count). The van der Waals surface area contributed by atoms with E-state index in [1.165, 1.54) is 16.4 Å². The number of ether oxygens (including phenoxy) is 2. The fraction of sp³-hybridized carbons (Fsp3) is 0.333. The van der Waals surface area contributed by atoms with Crippen LogP contribution >= 0.6 is 11.8 Å². The lowest BCUT2D eigenvalue weighted by atomic mass is 10.1. The molecule has 2 amide bonds. The first-order valence-electron chi connectivity index (χ1n) is 11.5. The molecule has 1 atom stereocenters. The standard InChI is InChI=1S/C24H27N5O6S2/c1-16(17-3-9-20(10-4-17)37(32,33)29-11-13-35-14-12-29)27-28-24-26-23(31)21(36-24)15-22(30)25-18-5-7-19(34-2)8-6-18/h3-10,21H,11-15H2,1-2H3,(H,25,30)(H,26,28,31)/b27-16-/t21-/m0/s1. The number of hydrogen-bond donors (Lipinski definition) is 2. The normalized spacial score (nSPS) is 20.1. The van der Waals surface area contributed by atoms with Crippen molar-refractivity contribution < 1.29 is 27.5 Å². The van der Waals surface area contributed by atoms with Crippen LogP contribution in [0.4, 0.5) is 5.69 Å². The van der Waals surface area contributed by atoms with Gasteiger partial charge in [-0.1, -0.05) is 23.9 Å². The Bertz CT molecular complexity index is 1300. The van der Waals surface area contributed by atoms with Crippen LogP contribution in [0.2, 0.25) is 0 Å². The number of amides is 2. The van der Waals surface area contributed by atoms with Gasteiger partial charge in [-0.05, 0) is 48.9 Å². The molecular weight excluding hydrogens is 518 g/mol. The molecule has 2 aromatic carbocycles. The van der Waals surface area contributed by atoms with E-state index in [0.717, 1.165) is 11.8 Å². The number of carbonyl (C=O) groups excluding carboxylic acids is 2. The highest BCUT2D eigenvalue weighted by molar-refractivity contribution is 8.15. The lowest BCUT2D eigenvalue weighted by Crippen LogP contribution is -2.40. The van der Waals surface area contributed by atoms with Crippen LogP contribution in [0.25, 0.3) is 0 Å². The molecule has 196 valence electrons. The van der Waals surface area contributed by atoms with E-state index in [1.807, 2.05) is 0 Å². The number of anilines is 1. The van der Waals surface area contributed by atoms with Crippen molar-refractivity contribution in [1.82, 2.24) is 9.62 Å².